The average molecular weight is 591 g/mol. The Morgan fingerprint density at radius 1 is 1.11 bits per heavy atom. The van der Waals surface area contributed by atoms with Gasteiger partial charge in [0.25, 0.3) is 11.1 Å². The highest BCUT2D eigenvalue weighted by Gasteiger charge is 2.36. The number of amides is 2. The van der Waals surface area contributed by atoms with E-state index < -0.39 is 17.0 Å². The van der Waals surface area contributed by atoms with Gasteiger partial charge in [0.15, 0.2) is 17.3 Å². The van der Waals surface area contributed by atoms with Crippen LogP contribution >= 0.6 is 39.3 Å². The van der Waals surface area contributed by atoms with Crippen molar-refractivity contribution >= 4 is 62.3 Å². The number of ether oxygens (including phenoxy) is 2. The first kappa shape index (κ1) is 25.9. The van der Waals surface area contributed by atoms with Crippen LogP contribution < -0.4 is 9.47 Å². The number of rotatable bonds is 8. The number of imide groups is 1. The van der Waals surface area contributed by atoms with E-state index in [1.807, 2.05) is 0 Å². The lowest BCUT2D eigenvalue weighted by Gasteiger charge is -2.13. The van der Waals surface area contributed by atoms with Crippen LogP contribution in [0, 0.1) is 5.82 Å². The molecule has 1 saturated heterocycles. The standard InChI is InChI=1S/C26H18BrClFNO5S/c1-34-22-10-5-15(11-23(22)35-14-18-19(28)3-2-4-20(18)29)12-24-25(32)30(26(33)36-24)13-21(31)16-6-8-17(27)9-7-16/h2-12H,13-14H2,1H3/b24-12+. The van der Waals surface area contributed by atoms with E-state index in [9.17, 15) is 18.8 Å². The second kappa shape index (κ2) is 11.3. The summed E-state index contributed by atoms with van der Waals surface area (Å²) in [5.41, 5.74) is 1.14. The molecule has 3 aromatic rings. The lowest BCUT2D eigenvalue weighted by atomic mass is 10.1. The molecule has 184 valence electrons. The van der Waals surface area contributed by atoms with Crippen LogP contribution in [0.25, 0.3) is 6.08 Å². The van der Waals surface area contributed by atoms with Crippen molar-refractivity contribution in [2.24, 2.45) is 0 Å². The van der Waals surface area contributed by atoms with Gasteiger partial charge in [-0.1, -0.05) is 51.8 Å². The Balaban J connectivity index is 1.51. The number of ketones is 1. The van der Waals surface area contributed by atoms with Gasteiger partial charge in [0.05, 0.1) is 23.6 Å². The van der Waals surface area contributed by atoms with Gasteiger partial charge in [-0.05, 0) is 59.8 Å². The summed E-state index contributed by atoms with van der Waals surface area (Å²) >= 11 is 10.1. The molecule has 6 nitrogen and oxygen atoms in total. The van der Waals surface area contributed by atoms with Crippen LogP contribution in [0.15, 0.2) is 70.0 Å². The number of methoxy groups -OCH3 is 1. The molecule has 2 amide bonds. The average Bonchev–Trinajstić information content (AvgIpc) is 3.11. The Morgan fingerprint density at radius 2 is 1.86 bits per heavy atom. The van der Waals surface area contributed by atoms with Gasteiger partial charge in [-0.15, -0.1) is 0 Å². The van der Waals surface area contributed by atoms with Crippen molar-refractivity contribution in [1.29, 1.82) is 0 Å². The van der Waals surface area contributed by atoms with Crippen molar-refractivity contribution in [3.63, 3.8) is 0 Å². The molecule has 10 heteroatoms. The normalized spacial score (nSPS) is 14.4. The topological polar surface area (TPSA) is 72.9 Å². The molecule has 4 rings (SSSR count). The molecule has 0 bridgehead atoms. The molecule has 0 atom stereocenters. The minimum Gasteiger partial charge on any atom is -0.493 e. The Hall–Kier alpha value is -3.14. The lowest BCUT2D eigenvalue weighted by Crippen LogP contribution is -2.33. The first-order valence-corrected chi connectivity index (χ1v) is 12.5. The van der Waals surface area contributed by atoms with Crippen LogP contribution in [0.4, 0.5) is 9.18 Å². The summed E-state index contributed by atoms with van der Waals surface area (Å²) in [5.74, 6) is -0.711. The minimum atomic E-state index is -0.563. The zero-order chi connectivity index (χ0) is 25.8. The van der Waals surface area contributed by atoms with Gasteiger partial charge in [0.2, 0.25) is 0 Å². The third-order valence-electron chi connectivity index (χ3n) is 5.26. The summed E-state index contributed by atoms with van der Waals surface area (Å²) in [4.78, 5) is 39.0. The monoisotopic (exact) mass is 589 g/mol. The lowest BCUT2D eigenvalue weighted by molar-refractivity contribution is -0.122. The van der Waals surface area contributed by atoms with Gasteiger partial charge < -0.3 is 9.47 Å². The second-order valence-corrected chi connectivity index (χ2v) is 9.91. The zero-order valence-corrected chi connectivity index (χ0v) is 22.0. The summed E-state index contributed by atoms with van der Waals surface area (Å²) in [6.45, 7) is -0.496. The van der Waals surface area contributed by atoms with E-state index >= 15 is 0 Å². The zero-order valence-electron chi connectivity index (χ0n) is 18.8. The Bertz CT molecular complexity index is 1360. The van der Waals surface area contributed by atoms with Crippen LogP contribution in [0.5, 0.6) is 11.5 Å². The Kier molecular flexibility index (Phi) is 8.13. The number of hydrogen-bond acceptors (Lipinski definition) is 6. The molecule has 1 aliphatic heterocycles. The molecule has 0 saturated carbocycles. The van der Waals surface area contributed by atoms with Crippen LogP contribution in [-0.2, 0) is 11.4 Å². The van der Waals surface area contributed by atoms with Gasteiger partial charge in [-0.2, -0.15) is 0 Å². The number of nitrogens with zero attached hydrogens (tertiary/aromatic N) is 1. The summed E-state index contributed by atoms with van der Waals surface area (Å²) in [6.07, 6.45) is 1.53. The van der Waals surface area contributed by atoms with Crippen molar-refractivity contribution in [3.05, 3.63) is 97.6 Å². The number of hydrogen-bond donors (Lipinski definition) is 0. The third kappa shape index (κ3) is 5.80. The van der Waals surface area contributed by atoms with Gasteiger partial charge in [-0.25, -0.2) is 4.39 Å². The molecule has 1 aliphatic rings. The van der Waals surface area contributed by atoms with E-state index in [0.717, 1.165) is 21.1 Å². The van der Waals surface area contributed by atoms with Gasteiger partial charge >= 0.3 is 0 Å². The van der Waals surface area contributed by atoms with E-state index in [1.54, 1.807) is 48.5 Å². The van der Waals surface area contributed by atoms with E-state index in [-0.39, 0.29) is 34.4 Å². The maximum absolute atomic E-state index is 14.1. The molecule has 36 heavy (non-hydrogen) atoms. The maximum Gasteiger partial charge on any atom is 0.293 e. The fourth-order valence-electron chi connectivity index (χ4n) is 3.37. The number of carbonyl (C=O) groups is 3. The Morgan fingerprint density at radius 3 is 2.56 bits per heavy atom. The SMILES string of the molecule is COc1ccc(/C=C2/SC(=O)N(CC(=O)c3ccc(Br)cc3)C2=O)cc1OCc1c(F)cccc1Cl. The predicted octanol–water partition coefficient (Wildman–Crippen LogP) is 6.75. The van der Waals surface area contributed by atoms with E-state index in [4.69, 9.17) is 21.1 Å². The smallest absolute Gasteiger partial charge is 0.293 e. The molecule has 0 N–H and O–H groups in total. The highest BCUT2D eigenvalue weighted by atomic mass is 79.9. The van der Waals surface area contributed by atoms with Crippen molar-refractivity contribution in [2.45, 2.75) is 6.61 Å². The highest BCUT2D eigenvalue weighted by molar-refractivity contribution is 9.10. The molecule has 1 heterocycles. The fourth-order valence-corrected chi connectivity index (χ4v) is 4.69. The molecule has 0 spiro atoms. The predicted molar refractivity (Wildman–Crippen MR) is 140 cm³/mol. The second-order valence-electron chi connectivity index (χ2n) is 7.60. The van der Waals surface area contributed by atoms with Crippen molar-refractivity contribution < 1.29 is 28.2 Å². The molecule has 0 aliphatic carbocycles. The van der Waals surface area contributed by atoms with Crippen LogP contribution in [0.1, 0.15) is 21.5 Å². The summed E-state index contributed by atoms with van der Waals surface area (Å²) < 4.78 is 26.0. The molecule has 0 aromatic heterocycles. The molecule has 3 aromatic carbocycles. The molecule has 1 fully saturated rings. The molecule has 0 radical (unpaired) electrons. The number of thioether (sulfide) groups is 1. The Labute approximate surface area is 224 Å². The van der Waals surface area contributed by atoms with Crippen LogP contribution in [0.3, 0.4) is 0 Å². The van der Waals surface area contributed by atoms with Crippen LogP contribution in [0.2, 0.25) is 5.02 Å². The van der Waals surface area contributed by atoms with Crippen molar-refractivity contribution in [2.75, 3.05) is 13.7 Å². The number of Topliss-reactive ketones (excluding diaryl/α,β-unsaturated/α-hetero) is 1. The largest absolute Gasteiger partial charge is 0.493 e. The van der Waals surface area contributed by atoms with Gasteiger partial charge in [0.1, 0.15) is 12.4 Å². The van der Waals surface area contributed by atoms with E-state index in [0.29, 0.717) is 22.6 Å². The summed E-state index contributed by atoms with van der Waals surface area (Å²) in [6, 6.07) is 15.9. The maximum atomic E-state index is 14.1. The number of carbonyl (C=O) groups excluding carboxylic acids is 3. The summed E-state index contributed by atoms with van der Waals surface area (Å²) in [5, 5.41) is -0.299. The number of halogens is 3. The quantitative estimate of drug-likeness (QED) is 0.214. The summed E-state index contributed by atoms with van der Waals surface area (Å²) in [7, 11) is 1.46. The molecular weight excluding hydrogens is 573 g/mol. The minimum absolute atomic E-state index is 0.139. The van der Waals surface area contributed by atoms with Crippen molar-refractivity contribution in [1.82, 2.24) is 4.90 Å². The fraction of sp³-hybridized carbons (Fsp3) is 0.115. The van der Waals surface area contributed by atoms with Gasteiger partial charge in [-0.3, -0.25) is 19.3 Å². The van der Waals surface area contributed by atoms with E-state index in [1.165, 1.54) is 25.3 Å². The number of benzene rings is 3. The van der Waals surface area contributed by atoms with Crippen molar-refractivity contribution in [3.8, 4) is 11.5 Å². The molecular formula is C26H18BrClFNO5S. The first-order chi connectivity index (χ1) is 17.3. The first-order valence-electron chi connectivity index (χ1n) is 10.5. The third-order valence-corrected chi connectivity index (χ3v) is 7.05. The van der Waals surface area contributed by atoms with Gasteiger partial charge in [0, 0.05) is 15.6 Å². The highest BCUT2D eigenvalue weighted by Crippen LogP contribution is 2.35. The van der Waals surface area contributed by atoms with E-state index in [2.05, 4.69) is 15.9 Å². The molecule has 0 unspecified atom stereocenters. The van der Waals surface area contributed by atoms with Crippen LogP contribution in [-0.4, -0.2) is 35.5 Å².